The minimum Gasteiger partial charge on any atom is -0.467 e. The van der Waals surface area contributed by atoms with E-state index in [4.69, 9.17) is 0 Å². The Hall–Kier alpha value is -1.91. The van der Waals surface area contributed by atoms with Gasteiger partial charge in [-0.15, -0.1) is 0 Å². The number of rotatable bonds is 6. The molecule has 1 N–H and O–H groups in total. The van der Waals surface area contributed by atoms with Gasteiger partial charge in [0.15, 0.2) is 0 Å². The summed E-state index contributed by atoms with van der Waals surface area (Å²) in [7, 11) is 1.29. The first-order chi connectivity index (χ1) is 9.42. The van der Waals surface area contributed by atoms with Crippen LogP contribution >= 0.6 is 0 Å². The van der Waals surface area contributed by atoms with Crippen molar-refractivity contribution in [2.75, 3.05) is 7.11 Å². The second-order valence-electron chi connectivity index (χ2n) is 5.08. The first-order valence-electron chi connectivity index (χ1n) is 6.54. The number of hydrogen-bond acceptors (Lipinski definition) is 3. The van der Waals surface area contributed by atoms with Crippen molar-refractivity contribution in [3.05, 3.63) is 35.6 Å². The van der Waals surface area contributed by atoms with Crippen molar-refractivity contribution < 1.29 is 18.7 Å². The van der Waals surface area contributed by atoms with Gasteiger partial charge in [-0.1, -0.05) is 26.0 Å². The van der Waals surface area contributed by atoms with Gasteiger partial charge in [0.2, 0.25) is 5.91 Å². The third-order valence-electron chi connectivity index (χ3n) is 2.81. The molecular weight excluding hydrogens is 261 g/mol. The molecule has 0 fully saturated rings. The maximum Gasteiger partial charge on any atom is 0.328 e. The number of benzene rings is 1. The molecule has 1 atom stereocenters. The molecule has 110 valence electrons. The zero-order valence-corrected chi connectivity index (χ0v) is 12.0. The van der Waals surface area contributed by atoms with Gasteiger partial charge in [-0.05, 0) is 30.0 Å². The van der Waals surface area contributed by atoms with Crippen molar-refractivity contribution in [1.82, 2.24) is 5.32 Å². The second-order valence-corrected chi connectivity index (χ2v) is 5.08. The van der Waals surface area contributed by atoms with Crippen LogP contribution in [0, 0.1) is 11.7 Å². The molecule has 4 nitrogen and oxygen atoms in total. The Labute approximate surface area is 118 Å². The fraction of sp³-hybridized carbons (Fsp3) is 0.467. The zero-order chi connectivity index (χ0) is 15.1. The minimum absolute atomic E-state index is 0.103. The molecule has 0 aliphatic heterocycles. The van der Waals surface area contributed by atoms with Crippen LogP contribution in [0.5, 0.6) is 0 Å². The number of hydrogen-bond donors (Lipinski definition) is 1. The maximum atomic E-state index is 12.8. The molecule has 0 heterocycles. The maximum absolute atomic E-state index is 12.8. The molecule has 1 aromatic rings. The molecule has 1 amide bonds. The summed E-state index contributed by atoms with van der Waals surface area (Å²) in [6.45, 7) is 3.92. The fourth-order valence-corrected chi connectivity index (χ4v) is 1.86. The van der Waals surface area contributed by atoms with Crippen LogP contribution in [0.25, 0.3) is 0 Å². The lowest BCUT2D eigenvalue weighted by atomic mass is 10.0. The fourth-order valence-electron chi connectivity index (χ4n) is 1.86. The first kappa shape index (κ1) is 16.1. The molecule has 0 aliphatic carbocycles. The van der Waals surface area contributed by atoms with E-state index in [0.29, 0.717) is 12.0 Å². The molecule has 5 heteroatoms. The lowest BCUT2D eigenvalue weighted by molar-refractivity contribution is -0.145. The number of amides is 1. The minimum atomic E-state index is -0.645. The molecule has 0 unspecified atom stereocenters. The number of carbonyl (C=O) groups excluding carboxylic acids is 2. The molecule has 0 saturated heterocycles. The predicted molar refractivity (Wildman–Crippen MR) is 73.5 cm³/mol. The van der Waals surface area contributed by atoms with E-state index in [2.05, 4.69) is 10.1 Å². The van der Waals surface area contributed by atoms with Crippen LogP contribution in [0.2, 0.25) is 0 Å². The van der Waals surface area contributed by atoms with E-state index in [1.54, 1.807) is 12.1 Å². The molecule has 0 spiro atoms. The van der Waals surface area contributed by atoms with Crippen LogP contribution in [-0.4, -0.2) is 25.0 Å². The van der Waals surface area contributed by atoms with Crippen molar-refractivity contribution in [1.29, 1.82) is 0 Å². The Morgan fingerprint density at radius 2 is 1.85 bits per heavy atom. The molecule has 0 saturated carbocycles. The van der Waals surface area contributed by atoms with Crippen molar-refractivity contribution >= 4 is 11.9 Å². The highest BCUT2D eigenvalue weighted by atomic mass is 19.1. The molecule has 0 bridgehead atoms. The van der Waals surface area contributed by atoms with Gasteiger partial charge >= 0.3 is 5.97 Å². The third-order valence-corrected chi connectivity index (χ3v) is 2.81. The summed E-state index contributed by atoms with van der Waals surface area (Å²) < 4.78 is 17.4. The van der Waals surface area contributed by atoms with Crippen molar-refractivity contribution in [3.63, 3.8) is 0 Å². The Bertz CT molecular complexity index is 457. The Morgan fingerprint density at radius 1 is 1.25 bits per heavy atom. The molecule has 0 radical (unpaired) electrons. The average Bonchev–Trinajstić information content (AvgIpc) is 2.39. The summed E-state index contributed by atoms with van der Waals surface area (Å²) in [6.07, 6.45) is 0.619. The van der Waals surface area contributed by atoms with Gasteiger partial charge < -0.3 is 10.1 Å². The van der Waals surface area contributed by atoms with Crippen LogP contribution < -0.4 is 5.32 Å². The van der Waals surface area contributed by atoms with Gasteiger partial charge in [-0.3, -0.25) is 4.79 Å². The summed E-state index contributed by atoms with van der Waals surface area (Å²) >= 11 is 0. The number of methoxy groups -OCH3 is 1. The Kier molecular flexibility index (Phi) is 6.15. The van der Waals surface area contributed by atoms with Gasteiger partial charge in [0.05, 0.1) is 13.5 Å². The summed E-state index contributed by atoms with van der Waals surface area (Å²) in [5, 5.41) is 2.65. The van der Waals surface area contributed by atoms with Gasteiger partial charge in [-0.2, -0.15) is 0 Å². The molecule has 0 aliphatic rings. The number of carbonyl (C=O) groups is 2. The number of ether oxygens (including phenoxy) is 1. The molecule has 20 heavy (non-hydrogen) atoms. The topological polar surface area (TPSA) is 55.4 Å². The quantitative estimate of drug-likeness (QED) is 0.812. The molecular formula is C15H20FNO3. The molecule has 0 aromatic heterocycles. The lowest BCUT2D eigenvalue weighted by Gasteiger charge is -2.18. The SMILES string of the molecule is COC(=O)[C@@H](CC(C)C)NC(=O)Cc1ccc(F)cc1. The first-order valence-corrected chi connectivity index (χ1v) is 6.54. The van der Waals surface area contributed by atoms with Gasteiger partial charge in [0.1, 0.15) is 11.9 Å². The lowest BCUT2D eigenvalue weighted by Crippen LogP contribution is -2.43. The van der Waals surface area contributed by atoms with Gasteiger partial charge in [0.25, 0.3) is 0 Å². The highest BCUT2D eigenvalue weighted by Gasteiger charge is 2.22. The van der Waals surface area contributed by atoms with Crippen LogP contribution in [0.3, 0.4) is 0 Å². The molecule has 1 rings (SSSR count). The van der Waals surface area contributed by atoms with Gasteiger partial charge in [0, 0.05) is 0 Å². The predicted octanol–water partition coefficient (Wildman–Crippen LogP) is 2.07. The summed E-state index contributed by atoms with van der Waals surface area (Å²) in [5.41, 5.74) is 0.692. The van der Waals surface area contributed by atoms with Crippen LogP contribution in [0.4, 0.5) is 4.39 Å². The summed E-state index contributed by atoms with van der Waals surface area (Å²) in [4.78, 5) is 23.5. The van der Waals surface area contributed by atoms with Crippen molar-refractivity contribution in [2.24, 2.45) is 5.92 Å². The highest BCUT2D eigenvalue weighted by Crippen LogP contribution is 2.08. The van der Waals surface area contributed by atoms with Crippen LogP contribution in [0.15, 0.2) is 24.3 Å². The van der Waals surface area contributed by atoms with Crippen molar-refractivity contribution in [3.8, 4) is 0 Å². The number of halogens is 1. The zero-order valence-electron chi connectivity index (χ0n) is 12.0. The van der Waals surface area contributed by atoms with E-state index >= 15 is 0 Å². The normalized spacial score (nSPS) is 12.1. The number of esters is 1. The molecule has 1 aromatic carbocycles. The third kappa shape index (κ3) is 5.38. The van der Waals surface area contributed by atoms with E-state index in [1.807, 2.05) is 13.8 Å². The van der Waals surface area contributed by atoms with E-state index in [1.165, 1.54) is 19.2 Å². The smallest absolute Gasteiger partial charge is 0.328 e. The summed E-state index contributed by atoms with van der Waals surface area (Å²) in [6, 6.07) is 5.05. The second kappa shape index (κ2) is 7.62. The van der Waals surface area contributed by atoms with E-state index in [-0.39, 0.29) is 24.1 Å². The largest absolute Gasteiger partial charge is 0.467 e. The summed E-state index contributed by atoms with van der Waals surface area (Å²) in [5.74, 6) is -0.828. The van der Waals surface area contributed by atoms with Crippen LogP contribution in [-0.2, 0) is 20.7 Å². The van der Waals surface area contributed by atoms with Crippen LogP contribution in [0.1, 0.15) is 25.8 Å². The Balaban J connectivity index is 2.61. The highest BCUT2D eigenvalue weighted by molar-refractivity contribution is 5.85. The van der Waals surface area contributed by atoms with E-state index in [0.717, 1.165) is 0 Å². The Morgan fingerprint density at radius 3 is 2.35 bits per heavy atom. The average molecular weight is 281 g/mol. The standard InChI is InChI=1S/C15H20FNO3/c1-10(2)8-13(15(19)20-3)17-14(18)9-11-4-6-12(16)7-5-11/h4-7,10,13H,8-9H2,1-3H3,(H,17,18)/t13-/m1/s1. The van der Waals surface area contributed by atoms with E-state index in [9.17, 15) is 14.0 Å². The van der Waals surface area contributed by atoms with Crippen molar-refractivity contribution in [2.45, 2.75) is 32.7 Å². The monoisotopic (exact) mass is 281 g/mol. The van der Waals surface area contributed by atoms with Gasteiger partial charge in [-0.25, -0.2) is 9.18 Å². The van der Waals surface area contributed by atoms with E-state index < -0.39 is 12.0 Å². The number of nitrogens with one attached hydrogen (secondary N) is 1.